The van der Waals surface area contributed by atoms with Gasteiger partial charge in [0.15, 0.2) is 0 Å². The minimum atomic E-state index is -0.668. The topological polar surface area (TPSA) is 63.7 Å². The lowest BCUT2D eigenvalue weighted by molar-refractivity contribution is -0.142. The Kier molecular flexibility index (Phi) is 5.87. The van der Waals surface area contributed by atoms with Crippen LogP contribution in [0.4, 0.5) is 0 Å². The zero-order valence-electron chi connectivity index (χ0n) is 13.8. The molecule has 2 amide bonds. The molecule has 126 valence electrons. The second kappa shape index (κ2) is 7.88. The Balaban J connectivity index is 0.00000100. The Morgan fingerprint density at radius 2 is 1.71 bits per heavy atom. The lowest BCUT2D eigenvalue weighted by atomic mass is 10.0. The molecule has 2 heterocycles. The van der Waals surface area contributed by atoms with E-state index >= 15 is 0 Å². The lowest BCUT2D eigenvalue weighted by Gasteiger charge is -2.20. The molecule has 3 rings (SSSR count). The summed E-state index contributed by atoms with van der Waals surface area (Å²) in [6.07, 6.45) is 0. The van der Waals surface area contributed by atoms with Gasteiger partial charge in [-0.2, -0.15) is 11.3 Å². The van der Waals surface area contributed by atoms with Crippen LogP contribution in [0.15, 0.2) is 41.1 Å². The van der Waals surface area contributed by atoms with Crippen molar-refractivity contribution < 1.29 is 19.1 Å². The summed E-state index contributed by atoms with van der Waals surface area (Å²) in [7, 11) is 1.30. The van der Waals surface area contributed by atoms with E-state index in [0.29, 0.717) is 11.1 Å². The number of esters is 1. The highest BCUT2D eigenvalue weighted by atomic mass is 32.1. The van der Waals surface area contributed by atoms with Crippen LogP contribution >= 0.6 is 11.3 Å². The molecular formula is C18H19NO4S. The number of benzene rings is 1. The molecule has 1 aromatic heterocycles. The normalized spacial score (nSPS) is 13.9. The van der Waals surface area contributed by atoms with Gasteiger partial charge in [0, 0.05) is 6.54 Å². The number of amides is 2. The lowest BCUT2D eigenvalue weighted by Crippen LogP contribution is -2.36. The first-order valence-corrected chi connectivity index (χ1v) is 8.63. The van der Waals surface area contributed by atoms with Crippen molar-refractivity contribution in [1.29, 1.82) is 0 Å². The number of carbonyl (C=O) groups is 3. The predicted molar refractivity (Wildman–Crippen MR) is 92.2 cm³/mol. The summed E-state index contributed by atoms with van der Waals surface area (Å²) in [6, 6.07) is 8.46. The monoisotopic (exact) mass is 345 g/mol. The third-order valence-electron chi connectivity index (χ3n) is 3.67. The summed E-state index contributed by atoms with van der Waals surface area (Å²) in [5.74, 6) is -1.87. The molecule has 2 aromatic rings. The summed E-state index contributed by atoms with van der Waals surface area (Å²) in [5, 5.41) is 3.66. The van der Waals surface area contributed by atoms with Gasteiger partial charge in [0.2, 0.25) is 0 Å². The van der Waals surface area contributed by atoms with Gasteiger partial charge in [0.25, 0.3) is 11.8 Å². The van der Waals surface area contributed by atoms with E-state index in [2.05, 4.69) is 0 Å². The molecule has 6 heteroatoms. The Hall–Kier alpha value is -2.47. The van der Waals surface area contributed by atoms with Crippen LogP contribution in [-0.4, -0.2) is 36.3 Å². The molecule has 1 atom stereocenters. The van der Waals surface area contributed by atoms with Crippen molar-refractivity contribution in [1.82, 2.24) is 4.90 Å². The number of fused-ring (bicyclic) bond motifs is 1. The van der Waals surface area contributed by atoms with Crippen LogP contribution in [-0.2, 0) is 9.53 Å². The quantitative estimate of drug-likeness (QED) is 0.630. The van der Waals surface area contributed by atoms with E-state index in [1.807, 2.05) is 24.6 Å². The molecule has 24 heavy (non-hydrogen) atoms. The van der Waals surface area contributed by atoms with Gasteiger partial charge in [-0.3, -0.25) is 19.3 Å². The Labute approximate surface area is 144 Å². The molecule has 0 bridgehead atoms. The van der Waals surface area contributed by atoms with Crippen molar-refractivity contribution in [3.8, 4) is 0 Å². The number of carbonyl (C=O) groups excluding carboxylic acids is 3. The van der Waals surface area contributed by atoms with Gasteiger partial charge < -0.3 is 4.74 Å². The van der Waals surface area contributed by atoms with Crippen LogP contribution in [0.3, 0.4) is 0 Å². The summed E-state index contributed by atoms with van der Waals surface area (Å²) in [4.78, 5) is 37.9. The van der Waals surface area contributed by atoms with Gasteiger partial charge in [-0.15, -0.1) is 0 Å². The maximum atomic E-state index is 12.4. The average Bonchev–Trinajstić information content (AvgIpc) is 3.24. The van der Waals surface area contributed by atoms with E-state index in [1.54, 1.807) is 30.3 Å². The first kappa shape index (κ1) is 17.9. The van der Waals surface area contributed by atoms with Crippen LogP contribution in [0.5, 0.6) is 0 Å². The molecule has 1 aromatic carbocycles. The summed E-state index contributed by atoms with van der Waals surface area (Å²) in [5.41, 5.74) is 1.50. The summed E-state index contributed by atoms with van der Waals surface area (Å²) in [6.45, 7) is 3.98. The number of ether oxygens (including phenoxy) is 1. The summed E-state index contributed by atoms with van der Waals surface area (Å²) >= 11 is 1.45. The van der Waals surface area contributed by atoms with Crippen LogP contribution in [0.25, 0.3) is 0 Å². The van der Waals surface area contributed by atoms with E-state index < -0.39 is 11.9 Å². The molecule has 0 saturated carbocycles. The van der Waals surface area contributed by atoms with Crippen molar-refractivity contribution in [2.45, 2.75) is 19.8 Å². The number of rotatable bonds is 4. The highest BCUT2D eigenvalue weighted by Crippen LogP contribution is 2.27. The molecular weight excluding hydrogens is 326 g/mol. The second-order valence-corrected chi connectivity index (χ2v) is 5.68. The third-order valence-corrected chi connectivity index (χ3v) is 4.38. The smallest absolute Gasteiger partial charge is 0.315 e. The molecule has 0 radical (unpaired) electrons. The number of methoxy groups -OCH3 is 1. The van der Waals surface area contributed by atoms with Crippen molar-refractivity contribution in [2.24, 2.45) is 0 Å². The van der Waals surface area contributed by atoms with E-state index in [1.165, 1.54) is 18.4 Å². The fourth-order valence-corrected chi connectivity index (χ4v) is 3.23. The van der Waals surface area contributed by atoms with E-state index in [0.717, 1.165) is 10.5 Å². The first-order chi connectivity index (χ1) is 11.6. The van der Waals surface area contributed by atoms with Crippen molar-refractivity contribution in [3.05, 3.63) is 57.8 Å². The maximum absolute atomic E-state index is 12.4. The van der Waals surface area contributed by atoms with Crippen LogP contribution in [0, 0.1) is 0 Å². The van der Waals surface area contributed by atoms with Crippen molar-refractivity contribution >= 4 is 29.1 Å². The van der Waals surface area contributed by atoms with Gasteiger partial charge in [-0.25, -0.2) is 0 Å². The number of imide groups is 1. The van der Waals surface area contributed by atoms with Gasteiger partial charge in [0.05, 0.1) is 18.2 Å². The number of thiophene rings is 1. The molecule has 1 unspecified atom stereocenters. The van der Waals surface area contributed by atoms with Gasteiger partial charge in [-0.1, -0.05) is 26.0 Å². The molecule has 0 fully saturated rings. The SMILES string of the molecule is CC.COC(=O)C(CN1C(=O)c2ccccc2C1=O)c1ccsc1. The van der Waals surface area contributed by atoms with E-state index in [4.69, 9.17) is 4.74 Å². The summed E-state index contributed by atoms with van der Waals surface area (Å²) < 4.78 is 4.81. The molecule has 1 aliphatic rings. The highest BCUT2D eigenvalue weighted by Gasteiger charge is 2.38. The Bertz CT molecular complexity index is 704. The van der Waals surface area contributed by atoms with Crippen molar-refractivity contribution in [2.75, 3.05) is 13.7 Å². The van der Waals surface area contributed by atoms with Gasteiger partial charge in [-0.05, 0) is 34.5 Å². The fraction of sp³-hybridized carbons (Fsp3) is 0.278. The predicted octanol–water partition coefficient (Wildman–Crippen LogP) is 3.33. The van der Waals surface area contributed by atoms with Crippen molar-refractivity contribution in [3.63, 3.8) is 0 Å². The fourth-order valence-electron chi connectivity index (χ4n) is 2.52. The molecule has 0 aliphatic carbocycles. The van der Waals surface area contributed by atoms with E-state index in [9.17, 15) is 14.4 Å². The Morgan fingerprint density at radius 1 is 1.12 bits per heavy atom. The molecule has 5 nitrogen and oxygen atoms in total. The largest absolute Gasteiger partial charge is 0.468 e. The molecule has 0 saturated heterocycles. The number of nitrogens with zero attached hydrogens (tertiary/aromatic N) is 1. The number of hydrogen-bond acceptors (Lipinski definition) is 5. The molecule has 0 N–H and O–H groups in total. The molecule has 1 aliphatic heterocycles. The highest BCUT2D eigenvalue weighted by molar-refractivity contribution is 7.08. The average molecular weight is 345 g/mol. The second-order valence-electron chi connectivity index (χ2n) is 4.90. The standard InChI is InChI=1S/C16H13NO4S.C2H6/c1-21-16(20)13(10-6-7-22-9-10)8-17-14(18)11-4-2-3-5-12(11)15(17)19;1-2/h2-7,9,13H,8H2,1H3;1-2H3. The van der Waals surface area contributed by atoms with Gasteiger partial charge >= 0.3 is 5.97 Å². The maximum Gasteiger partial charge on any atom is 0.315 e. The minimum absolute atomic E-state index is 0.0181. The first-order valence-electron chi connectivity index (χ1n) is 7.68. The van der Waals surface area contributed by atoms with Gasteiger partial charge in [0.1, 0.15) is 5.92 Å². The van der Waals surface area contributed by atoms with Crippen LogP contribution in [0.1, 0.15) is 46.0 Å². The minimum Gasteiger partial charge on any atom is -0.468 e. The van der Waals surface area contributed by atoms with Crippen LogP contribution < -0.4 is 0 Å². The molecule has 0 spiro atoms. The third kappa shape index (κ3) is 3.23. The number of hydrogen-bond donors (Lipinski definition) is 0. The zero-order chi connectivity index (χ0) is 17.7. The Morgan fingerprint density at radius 3 is 2.17 bits per heavy atom. The zero-order valence-corrected chi connectivity index (χ0v) is 14.6. The van der Waals surface area contributed by atoms with Crippen LogP contribution in [0.2, 0.25) is 0 Å². The van der Waals surface area contributed by atoms with E-state index in [-0.39, 0.29) is 18.4 Å².